The van der Waals surface area contributed by atoms with Crippen molar-refractivity contribution in [2.75, 3.05) is 23.9 Å². The first kappa shape index (κ1) is 21.2. The molecule has 2 aromatic carbocycles. The van der Waals surface area contributed by atoms with Gasteiger partial charge in [0.1, 0.15) is 12.4 Å². The Labute approximate surface area is 196 Å². The van der Waals surface area contributed by atoms with E-state index in [1.807, 2.05) is 59.9 Å². The average molecular weight is 461 g/mol. The lowest BCUT2D eigenvalue weighted by atomic mass is 10.1. The van der Waals surface area contributed by atoms with Gasteiger partial charge in [-0.3, -0.25) is 4.79 Å². The Hall–Kier alpha value is -3.71. The highest BCUT2D eigenvalue weighted by Crippen LogP contribution is 2.33. The van der Waals surface area contributed by atoms with Crippen molar-refractivity contribution in [3.63, 3.8) is 0 Å². The second kappa shape index (κ2) is 9.42. The molecule has 33 heavy (non-hydrogen) atoms. The Kier molecular flexibility index (Phi) is 6.04. The van der Waals surface area contributed by atoms with E-state index in [0.717, 1.165) is 30.9 Å². The van der Waals surface area contributed by atoms with Crippen LogP contribution >= 0.6 is 11.3 Å². The molecule has 1 amide bonds. The van der Waals surface area contributed by atoms with Gasteiger partial charge in [0.05, 0.1) is 18.5 Å². The number of anilines is 2. The molecule has 0 atom stereocenters. The summed E-state index contributed by atoms with van der Waals surface area (Å²) in [5.74, 6) is 1.76. The Bertz CT molecular complexity index is 1260. The summed E-state index contributed by atoms with van der Waals surface area (Å²) in [7, 11) is 1.60. The lowest BCUT2D eigenvalue weighted by Crippen LogP contribution is -2.30. The summed E-state index contributed by atoms with van der Waals surface area (Å²) in [5, 5.41) is 5.16. The van der Waals surface area contributed by atoms with Gasteiger partial charge in [-0.05, 0) is 59.8 Å². The topological polar surface area (TPSA) is 63.9 Å². The fourth-order valence-corrected chi connectivity index (χ4v) is 4.85. The number of ether oxygens (including phenoxy) is 2. The quantitative estimate of drug-likeness (QED) is 0.381. The van der Waals surface area contributed by atoms with Crippen molar-refractivity contribution < 1.29 is 18.7 Å². The van der Waals surface area contributed by atoms with Crippen LogP contribution in [-0.4, -0.2) is 19.6 Å². The maximum Gasteiger partial charge on any atom is 0.291 e. The van der Waals surface area contributed by atoms with Crippen molar-refractivity contribution in [1.82, 2.24) is 0 Å². The van der Waals surface area contributed by atoms with Crippen molar-refractivity contribution in [2.45, 2.75) is 19.6 Å². The molecule has 0 saturated carbocycles. The molecule has 1 N–H and O–H groups in total. The van der Waals surface area contributed by atoms with E-state index in [9.17, 15) is 4.79 Å². The largest absolute Gasteiger partial charge is 0.493 e. The molecule has 7 heteroatoms. The average Bonchev–Trinajstić information content (AvgIpc) is 3.52. The molecule has 0 bridgehead atoms. The predicted octanol–water partition coefficient (Wildman–Crippen LogP) is 5.74. The van der Waals surface area contributed by atoms with E-state index in [-0.39, 0.29) is 18.3 Å². The Balaban J connectivity index is 1.26. The number of carbonyl (C=O) groups is 1. The first-order valence-electron chi connectivity index (χ1n) is 10.8. The summed E-state index contributed by atoms with van der Waals surface area (Å²) < 4.78 is 16.8. The monoisotopic (exact) mass is 460 g/mol. The second-order valence-electron chi connectivity index (χ2n) is 7.72. The molecule has 2 aromatic heterocycles. The first-order valence-corrected chi connectivity index (χ1v) is 11.6. The number of benzene rings is 2. The van der Waals surface area contributed by atoms with Gasteiger partial charge in [-0.15, -0.1) is 11.3 Å². The zero-order chi connectivity index (χ0) is 22.6. The van der Waals surface area contributed by atoms with Gasteiger partial charge in [-0.25, -0.2) is 0 Å². The molecule has 0 aliphatic carbocycles. The van der Waals surface area contributed by atoms with Crippen LogP contribution in [0.2, 0.25) is 0 Å². The van der Waals surface area contributed by atoms with E-state index in [1.165, 1.54) is 10.4 Å². The molecule has 0 saturated heterocycles. The van der Waals surface area contributed by atoms with Gasteiger partial charge in [0.25, 0.3) is 5.91 Å². The van der Waals surface area contributed by atoms with Crippen LogP contribution in [-0.2, 0) is 19.6 Å². The van der Waals surface area contributed by atoms with Crippen LogP contribution in [0.25, 0.3) is 0 Å². The van der Waals surface area contributed by atoms with Gasteiger partial charge < -0.3 is 24.1 Å². The molecular formula is C26H24N2O4S. The molecule has 1 aliphatic rings. The molecule has 5 rings (SSSR count). The third-order valence-electron chi connectivity index (χ3n) is 5.63. The fourth-order valence-electron chi connectivity index (χ4n) is 3.96. The molecule has 1 aliphatic heterocycles. The number of rotatable bonds is 7. The number of hydrogen-bond donors (Lipinski definition) is 1. The van der Waals surface area contributed by atoms with Crippen LogP contribution in [0.15, 0.2) is 76.5 Å². The minimum absolute atomic E-state index is 0.195. The van der Waals surface area contributed by atoms with E-state index in [2.05, 4.69) is 21.7 Å². The summed E-state index contributed by atoms with van der Waals surface area (Å²) in [6.45, 7) is 1.96. The van der Waals surface area contributed by atoms with Gasteiger partial charge in [0.15, 0.2) is 17.3 Å². The van der Waals surface area contributed by atoms with E-state index in [0.29, 0.717) is 17.3 Å². The number of thiophene rings is 1. The van der Waals surface area contributed by atoms with E-state index in [4.69, 9.17) is 13.9 Å². The van der Waals surface area contributed by atoms with Gasteiger partial charge in [0, 0.05) is 18.0 Å². The predicted molar refractivity (Wildman–Crippen MR) is 130 cm³/mol. The first-order chi connectivity index (χ1) is 16.2. The highest BCUT2D eigenvalue weighted by Gasteiger charge is 2.21. The van der Waals surface area contributed by atoms with Crippen LogP contribution < -0.4 is 19.7 Å². The number of nitrogens with one attached hydrogen (secondary N) is 1. The van der Waals surface area contributed by atoms with E-state index in [1.54, 1.807) is 19.2 Å². The molecule has 0 radical (unpaired) electrons. The highest BCUT2D eigenvalue weighted by molar-refractivity contribution is 7.10. The Morgan fingerprint density at radius 2 is 1.88 bits per heavy atom. The number of furan rings is 1. The van der Waals surface area contributed by atoms with E-state index >= 15 is 0 Å². The summed E-state index contributed by atoms with van der Waals surface area (Å²) >= 11 is 1.82. The number of hydrogen-bond acceptors (Lipinski definition) is 6. The zero-order valence-corrected chi connectivity index (χ0v) is 19.1. The zero-order valence-electron chi connectivity index (χ0n) is 18.2. The highest BCUT2D eigenvalue weighted by atomic mass is 32.1. The second-order valence-corrected chi connectivity index (χ2v) is 8.72. The van der Waals surface area contributed by atoms with Gasteiger partial charge in [-0.2, -0.15) is 0 Å². The van der Waals surface area contributed by atoms with Gasteiger partial charge in [0.2, 0.25) is 0 Å². The number of methoxy groups -OCH3 is 1. The number of amides is 1. The third-order valence-corrected chi connectivity index (χ3v) is 6.65. The Morgan fingerprint density at radius 1 is 1.06 bits per heavy atom. The molecular weight excluding hydrogens is 436 g/mol. The number of para-hydroxylation sites is 4. The minimum Gasteiger partial charge on any atom is -0.493 e. The molecule has 0 unspecified atom stereocenters. The molecule has 0 spiro atoms. The van der Waals surface area contributed by atoms with Crippen LogP contribution in [0.3, 0.4) is 0 Å². The van der Waals surface area contributed by atoms with E-state index < -0.39 is 0 Å². The van der Waals surface area contributed by atoms with Gasteiger partial charge in [-0.1, -0.05) is 24.3 Å². The minimum atomic E-state index is -0.292. The number of carbonyl (C=O) groups excluding carboxylic acids is 1. The van der Waals surface area contributed by atoms with Crippen LogP contribution in [0.4, 0.5) is 11.4 Å². The lowest BCUT2D eigenvalue weighted by molar-refractivity contribution is 0.0992. The molecule has 6 nitrogen and oxygen atoms in total. The molecule has 168 valence electrons. The summed E-state index contributed by atoms with van der Waals surface area (Å²) in [4.78, 5) is 16.7. The van der Waals surface area contributed by atoms with Crippen LogP contribution in [0.5, 0.6) is 11.5 Å². The lowest BCUT2D eigenvalue weighted by Gasteiger charge is -2.30. The molecule has 3 heterocycles. The number of fused-ring (bicyclic) bond motifs is 1. The third kappa shape index (κ3) is 4.59. The normalized spacial score (nSPS) is 12.8. The summed E-state index contributed by atoms with van der Waals surface area (Å²) in [5.41, 5.74) is 3.14. The Morgan fingerprint density at radius 3 is 2.76 bits per heavy atom. The molecule has 4 aromatic rings. The van der Waals surface area contributed by atoms with Crippen LogP contribution in [0, 0.1) is 0 Å². The maximum atomic E-state index is 12.9. The SMILES string of the molecule is COc1ccccc1OCc1ccc(C(=O)Nc2ccccc2N2CCc3sccc3C2)o1. The number of nitrogens with zero attached hydrogens (tertiary/aromatic N) is 1. The summed E-state index contributed by atoms with van der Waals surface area (Å²) in [6, 6.07) is 20.9. The van der Waals surface area contributed by atoms with Crippen molar-refractivity contribution >= 4 is 28.6 Å². The summed E-state index contributed by atoms with van der Waals surface area (Å²) in [6.07, 6.45) is 1.02. The maximum absolute atomic E-state index is 12.9. The van der Waals surface area contributed by atoms with Crippen LogP contribution in [0.1, 0.15) is 26.8 Å². The fraction of sp³-hybridized carbons (Fsp3) is 0.192. The smallest absolute Gasteiger partial charge is 0.291 e. The van der Waals surface area contributed by atoms with Gasteiger partial charge >= 0.3 is 0 Å². The standard InChI is InChI=1S/C26H24N2O4S/c1-30-22-8-4-5-9-23(22)31-17-19-10-11-24(32-19)26(29)27-20-6-2-3-7-21(20)28-14-12-25-18(16-28)13-15-33-25/h2-11,13,15H,12,14,16-17H2,1H3,(H,27,29). The van der Waals surface area contributed by atoms with Crippen molar-refractivity contribution in [3.8, 4) is 11.5 Å². The van der Waals surface area contributed by atoms with Crippen molar-refractivity contribution in [2.24, 2.45) is 0 Å². The molecule has 0 fully saturated rings. The van der Waals surface area contributed by atoms with Crippen molar-refractivity contribution in [1.29, 1.82) is 0 Å². The van der Waals surface area contributed by atoms with Crippen molar-refractivity contribution in [3.05, 3.63) is 94.1 Å².